The van der Waals surface area contributed by atoms with Crippen molar-refractivity contribution in [2.45, 2.75) is 70.5 Å². The summed E-state index contributed by atoms with van der Waals surface area (Å²) >= 11 is 0. The van der Waals surface area contributed by atoms with Gasteiger partial charge in [0.1, 0.15) is 0 Å². The smallest absolute Gasteiger partial charge is 0.404 e. The molecule has 108 valence electrons. The molecule has 1 fully saturated rings. The molecule has 1 unspecified atom stereocenters. The Morgan fingerprint density at radius 2 is 1.89 bits per heavy atom. The predicted molar refractivity (Wildman–Crippen MR) is 71.0 cm³/mol. The molecule has 1 aliphatic heterocycles. The molecule has 0 radical (unpaired) electrons. The zero-order valence-electron chi connectivity index (χ0n) is 12.0. The van der Waals surface area contributed by atoms with Crippen LogP contribution in [0.5, 0.6) is 0 Å². The Kier molecular flexibility index (Phi) is 3.62. The monoisotopic (exact) mass is 269 g/mol. The zero-order chi connectivity index (χ0) is 14.3. The van der Waals surface area contributed by atoms with Crippen LogP contribution in [0.2, 0.25) is 0 Å². The van der Waals surface area contributed by atoms with Crippen molar-refractivity contribution in [3.8, 4) is 0 Å². The van der Waals surface area contributed by atoms with Crippen molar-refractivity contribution in [1.29, 1.82) is 0 Å². The van der Waals surface area contributed by atoms with Crippen molar-refractivity contribution in [1.82, 2.24) is 5.32 Å². The molecule has 1 atom stereocenters. The van der Waals surface area contributed by atoms with Crippen molar-refractivity contribution in [3.63, 3.8) is 0 Å². The summed E-state index contributed by atoms with van der Waals surface area (Å²) in [5, 5.41) is 11.2. The first-order valence-electron chi connectivity index (χ1n) is 6.75. The van der Waals surface area contributed by atoms with Gasteiger partial charge in [0.2, 0.25) is 0 Å². The molecule has 0 aromatic rings. The zero-order valence-corrected chi connectivity index (χ0v) is 12.0. The van der Waals surface area contributed by atoms with Crippen LogP contribution in [0.15, 0.2) is 11.6 Å². The highest BCUT2D eigenvalue weighted by atomic mass is 16.7. The molecule has 0 spiro atoms. The summed E-state index contributed by atoms with van der Waals surface area (Å²) in [6.07, 6.45) is 3.09. The second-order valence-electron chi connectivity index (χ2n) is 6.29. The summed E-state index contributed by atoms with van der Waals surface area (Å²) in [7, 11) is 0. The Morgan fingerprint density at radius 3 is 2.32 bits per heavy atom. The second-order valence-corrected chi connectivity index (χ2v) is 6.29. The molecule has 0 aromatic heterocycles. The molecular formula is C14H23NO4. The summed E-state index contributed by atoms with van der Waals surface area (Å²) in [5.41, 5.74) is 0.477. The van der Waals surface area contributed by atoms with E-state index < -0.39 is 6.09 Å². The van der Waals surface area contributed by atoms with Crippen LogP contribution < -0.4 is 5.32 Å². The van der Waals surface area contributed by atoms with Crippen LogP contribution in [-0.2, 0) is 9.47 Å². The van der Waals surface area contributed by atoms with E-state index in [0.717, 1.165) is 18.4 Å². The molecule has 0 bridgehead atoms. The fraction of sp³-hybridized carbons (Fsp3) is 0.786. The quantitative estimate of drug-likeness (QED) is 0.756. The maximum absolute atomic E-state index is 10.6. The molecule has 2 rings (SSSR count). The Labute approximate surface area is 114 Å². The minimum absolute atomic E-state index is 0.00340. The summed E-state index contributed by atoms with van der Waals surface area (Å²) in [5.74, 6) is 0. The van der Waals surface area contributed by atoms with Gasteiger partial charge in [0, 0.05) is 6.04 Å². The molecule has 1 saturated heterocycles. The highest BCUT2D eigenvalue weighted by molar-refractivity contribution is 5.64. The van der Waals surface area contributed by atoms with E-state index in [4.69, 9.17) is 14.6 Å². The second kappa shape index (κ2) is 4.80. The largest absolute Gasteiger partial charge is 0.465 e. The van der Waals surface area contributed by atoms with Crippen molar-refractivity contribution in [2.24, 2.45) is 0 Å². The third kappa shape index (κ3) is 2.92. The summed E-state index contributed by atoms with van der Waals surface area (Å²) in [6, 6.07) is 0.00340. The van der Waals surface area contributed by atoms with Gasteiger partial charge in [-0.25, -0.2) is 4.79 Å². The van der Waals surface area contributed by atoms with Gasteiger partial charge in [0.05, 0.1) is 11.2 Å². The third-order valence-electron chi connectivity index (χ3n) is 4.33. The SMILES string of the molecule is CC1(C)OC(C2=CCC(NC(=O)O)CC2)OC1(C)C. The normalized spacial score (nSPS) is 29.9. The number of rotatable bonds is 2. The molecular weight excluding hydrogens is 246 g/mol. The van der Waals surface area contributed by atoms with E-state index in [9.17, 15) is 4.79 Å². The number of nitrogens with one attached hydrogen (secondary N) is 1. The fourth-order valence-corrected chi connectivity index (χ4v) is 2.37. The Hall–Kier alpha value is -1.07. The Morgan fingerprint density at radius 1 is 1.32 bits per heavy atom. The number of amides is 1. The first-order valence-corrected chi connectivity index (χ1v) is 6.75. The summed E-state index contributed by atoms with van der Waals surface area (Å²) in [6.45, 7) is 8.13. The molecule has 0 saturated carbocycles. The predicted octanol–water partition coefficient (Wildman–Crippen LogP) is 2.66. The van der Waals surface area contributed by atoms with Crippen molar-refractivity contribution in [2.75, 3.05) is 0 Å². The van der Waals surface area contributed by atoms with Crippen LogP contribution >= 0.6 is 0 Å². The molecule has 1 amide bonds. The highest BCUT2D eigenvalue weighted by Crippen LogP contribution is 2.41. The van der Waals surface area contributed by atoms with E-state index in [1.54, 1.807) is 0 Å². The minimum Gasteiger partial charge on any atom is -0.465 e. The number of hydrogen-bond donors (Lipinski definition) is 2. The molecule has 5 nitrogen and oxygen atoms in total. The molecule has 1 aliphatic carbocycles. The van der Waals surface area contributed by atoms with Gasteiger partial charge < -0.3 is 19.9 Å². The number of hydrogen-bond acceptors (Lipinski definition) is 3. The maximum Gasteiger partial charge on any atom is 0.404 e. The third-order valence-corrected chi connectivity index (χ3v) is 4.33. The lowest BCUT2D eigenvalue weighted by Gasteiger charge is -2.30. The van der Waals surface area contributed by atoms with Gasteiger partial charge in [0.25, 0.3) is 0 Å². The van der Waals surface area contributed by atoms with Crippen LogP contribution in [0.25, 0.3) is 0 Å². The van der Waals surface area contributed by atoms with E-state index in [1.807, 2.05) is 33.8 Å². The topological polar surface area (TPSA) is 67.8 Å². The average molecular weight is 269 g/mol. The van der Waals surface area contributed by atoms with E-state index in [2.05, 4.69) is 5.32 Å². The van der Waals surface area contributed by atoms with Crippen LogP contribution in [0.4, 0.5) is 4.79 Å². The van der Waals surface area contributed by atoms with Gasteiger partial charge in [-0.3, -0.25) is 0 Å². The van der Waals surface area contributed by atoms with E-state index in [0.29, 0.717) is 6.42 Å². The highest BCUT2D eigenvalue weighted by Gasteiger charge is 2.50. The van der Waals surface area contributed by atoms with E-state index in [-0.39, 0.29) is 23.5 Å². The van der Waals surface area contributed by atoms with Gasteiger partial charge in [-0.05, 0) is 52.5 Å². The van der Waals surface area contributed by atoms with Crippen LogP contribution in [0.3, 0.4) is 0 Å². The molecule has 0 aromatic carbocycles. The standard InChI is InChI=1S/C14H23NO4/c1-13(2)14(3,4)19-11(18-13)9-5-7-10(8-6-9)15-12(16)17/h5,10-11,15H,6-8H2,1-4H3,(H,16,17). The van der Waals surface area contributed by atoms with Gasteiger partial charge in [-0.1, -0.05) is 6.08 Å². The van der Waals surface area contributed by atoms with Crippen LogP contribution in [0.1, 0.15) is 47.0 Å². The van der Waals surface area contributed by atoms with Gasteiger partial charge in [-0.2, -0.15) is 0 Å². The first kappa shape index (κ1) is 14.3. The van der Waals surface area contributed by atoms with Crippen molar-refractivity contribution < 1.29 is 19.4 Å². The first-order chi connectivity index (χ1) is 8.71. The summed E-state index contributed by atoms with van der Waals surface area (Å²) in [4.78, 5) is 10.6. The summed E-state index contributed by atoms with van der Waals surface area (Å²) < 4.78 is 12.0. The lowest BCUT2D eigenvalue weighted by Crippen LogP contribution is -2.41. The number of carbonyl (C=O) groups is 1. The minimum atomic E-state index is -0.961. The maximum atomic E-state index is 10.6. The lowest BCUT2D eigenvalue weighted by atomic mass is 9.90. The molecule has 5 heteroatoms. The van der Waals surface area contributed by atoms with Gasteiger partial charge in [0.15, 0.2) is 6.29 Å². The molecule has 2 N–H and O–H groups in total. The number of ether oxygens (including phenoxy) is 2. The van der Waals surface area contributed by atoms with Crippen LogP contribution in [0, 0.1) is 0 Å². The molecule has 2 aliphatic rings. The van der Waals surface area contributed by atoms with Crippen molar-refractivity contribution in [3.05, 3.63) is 11.6 Å². The number of carboxylic acid groups (broad SMARTS) is 1. The Bertz CT molecular complexity index is 384. The van der Waals surface area contributed by atoms with E-state index >= 15 is 0 Å². The average Bonchev–Trinajstić information content (AvgIpc) is 2.48. The van der Waals surface area contributed by atoms with Gasteiger partial charge >= 0.3 is 6.09 Å². The van der Waals surface area contributed by atoms with Crippen LogP contribution in [-0.4, -0.2) is 34.7 Å². The van der Waals surface area contributed by atoms with Gasteiger partial charge in [-0.15, -0.1) is 0 Å². The molecule has 1 heterocycles. The van der Waals surface area contributed by atoms with Crippen molar-refractivity contribution >= 4 is 6.09 Å². The Balaban J connectivity index is 1.99. The van der Waals surface area contributed by atoms with E-state index in [1.165, 1.54) is 0 Å². The molecule has 19 heavy (non-hydrogen) atoms. The fourth-order valence-electron chi connectivity index (χ4n) is 2.37. The lowest BCUT2D eigenvalue weighted by molar-refractivity contribution is -0.0618.